The van der Waals surface area contributed by atoms with Crippen molar-refractivity contribution in [2.45, 2.75) is 54.6 Å². The third kappa shape index (κ3) is 8.04. The molecule has 2 amide bonds. The van der Waals surface area contributed by atoms with Crippen molar-refractivity contribution in [3.63, 3.8) is 0 Å². The van der Waals surface area contributed by atoms with Crippen LogP contribution in [0.5, 0.6) is 0 Å². The highest BCUT2D eigenvalue weighted by atomic mass is 16.1. The van der Waals surface area contributed by atoms with Crippen LogP contribution in [0.15, 0.2) is 12.1 Å². The molecule has 0 aliphatic rings. The third-order valence-corrected chi connectivity index (χ3v) is 3.16. The van der Waals surface area contributed by atoms with Gasteiger partial charge in [-0.05, 0) is 23.0 Å². The van der Waals surface area contributed by atoms with Crippen LogP contribution in [-0.2, 0) is 22.7 Å². The van der Waals surface area contributed by atoms with E-state index >= 15 is 0 Å². The maximum Gasteiger partial charge on any atom is 0.210 e. The third-order valence-electron chi connectivity index (χ3n) is 3.16. The van der Waals surface area contributed by atoms with E-state index in [1.54, 1.807) is 9.80 Å². The standard InChI is InChI=1S/C18H30N4O2/c1-17(2,3)11-21(13-23)9-15-7-8-16(20-19-15)10-22(14-24)12-18(4,5)6/h7-8,13-14H,9-12H2,1-6H3. The van der Waals surface area contributed by atoms with E-state index in [0.29, 0.717) is 26.2 Å². The van der Waals surface area contributed by atoms with Crippen molar-refractivity contribution in [3.05, 3.63) is 23.5 Å². The maximum absolute atomic E-state index is 11.2. The van der Waals surface area contributed by atoms with E-state index in [1.165, 1.54) is 0 Å². The summed E-state index contributed by atoms with van der Waals surface area (Å²) >= 11 is 0. The number of nitrogens with zero attached hydrogens (tertiary/aromatic N) is 4. The van der Waals surface area contributed by atoms with Gasteiger partial charge in [-0.2, -0.15) is 10.2 Å². The Kier molecular flexibility index (Phi) is 6.87. The van der Waals surface area contributed by atoms with Crippen molar-refractivity contribution < 1.29 is 9.59 Å². The summed E-state index contributed by atoms with van der Waals surface area (Å²) in [6.07, 6.45) is 1.69. The Morgan fingerprint density at radius 2 is 1.12 bits per heavy atom. The lowest BCUT2D eigenvalue weighted by molar-refractivity contribution is -0.120. The van der Waals surface area contributed by atoms with Gasteiger partial charge in [-0.25, -0.2) is 0 Å². The highest BCUT2D eigenvalue weighted by Gasteiger charge is 2.17. The van der Waals surface area contributed by atoms with Crippen LogP contribution in [0.2, 0.25) is 0 Å². The number of aromatic nitrogens is 2. The quantitative estimate of drug-likeness (QED) is 0.685. The first-order chi connectivity index (χ1) is 11.0. The number of carbonyl (C=O) groups is 2. The van der Waals surface area contributed by atoms with Crippen LogP contribution in [0.1, 0.15) is 52.9 Å². The predicted molar refractivity (Wildman–Crippen MR) is 93.9 cm³/mol. The van der Waals surface area contributed by atoms with Crippen molar-refractivity contribution in [3.8, 4) is 0 Å². The highest BCUT2D eigenvalue weighted by Crippen LogP contribution is 2.17. The summed E-state index contributed by atoms with van der Waals surface area (Å²) < 4.78 is 0. The molecule has 0 N–H and O–H groups in total. The van der Waals surface area contributed by atoms with Crippen LogP contribution in [0.25, 0.3) is 0 Å². The molecule has 1 heterocycles. The van der Waals surface area contributed by atoms with Gasteiger partial charge in [0.05, 0.1) is 24.5 Å². The number of carbonyl (C=O) groups excluding carboxylic acids is 2. The molecule has 1 rings (SSSR count). The summed E-state index contributed by atoms with van der Waals surface area (Å²) in [5, 5.41) is 8.37. The van der Waals surface area contributed by atoms with E-state index in [0.717, 1.165) is 24.2 Å². The van der Waals surface area contributed by atoms with Gasteiger partial charge in [-0.1, -0.05) is 41.5 Å². The van der Waals surface area contributed by atoms with Gasteiger partial charge >= 0.3 is 0 Å². The zero-order valence-corrected chi connectivity index (χ0v) is 15.7. The fourth-order valence-corrected chi connectivity index (χ4v) is 2.45. The molecule has 0 fully saturated rings. The van der Waals surface area contributed by atoms with Crippen molar-refractivity contribution in [2.75, 3.05) is 13.1 Å². The molecule has 134 valence electrons. The van der Waals surface area contributed by atoms with E-state index in [1.807, 2.05) is 12.1 Å². The molecule has 1 aromatic rings. The molecule has 0 unspecified atom stereocenters. The Morgan fingerprint density at radius 3 is 1.33 bits per heavy atom. The van der Waals surface area contributed by atoms with Crippen molar-refractivity contribution >= 4 is 12.8 Å². The van der Waals surface area contributed by atoms with Crippen molar-refractivity contribution in [2.24, 2.45) is 10.8 Å². The predicted octanol–water partition coefficient (Wildman–Crippen LogP) is 2.49. The SMILES string of the molecule is CC(C)(C)CN(C=O)Cc1ccc(CN(C=O)CC(C)(C)C)nn1. The normalized spacial score (nSPS) is 11.9. The number of hydrogen-bond acceptors (Lipinski definition) is 4. The molecule has 0 aliphatic carbocycles. The number of hydrogen-bond donors (Lipinski definition) is 0. The van der Waals surface area contributed by atoms with Gasteiger partial charge in [0.1, 0.15) is 0 Å². The molecular formula is C18H30N4O2. The molecule has 6 heteroatoms. The molecule has 0 saturated carbocycles. The smallest absolute Gasteiger partial charge is 0.210 e. The van der Waals surface area contributed by atoms with Gasteiger partial charge in [0.2, 0.25) is 12.8 Å². The fourth-order valence-electron chi connectivity index (χ4n) is 2.45. The van der Waals surface area contributed by atoms with Gasteiger partial charge in [-0.3, -0.25) is 9.59 Å². The van der Waals surface area contributed by atoms with E-state index in [9.17, 15) is 9.59 Å². The topological polar surface area (TPSA) is 66.4 Å². The summed E-state index contributed by atoms with van der Waals surface area (Å²) in [4.78, 5) is 25.8. The van der Waals surface area contributed by atoms with Crippen LogP contribution in [-0.4, -0.2) is 45.9 Å². The monoisotopic (exact) mass is 334 g/mol. The minimum atomic E-state index is 0.0334. The highest BCUT2D eigenvalue weighted by molar-refractivity contribution is 5.47. The molecule has 0 atom stereocenters. The Hall–Kier alpha value is -1.98. The zero-order chi connectivity index (χ0) is 18.4. The van der Waals surface area contributed by atoms with Crippen LogP contribution >= 0.6 is 0 Å². The van der Waals surface area contributed by atoms with Crippen LogP contribution < -0.4 is 0 Å². The summed E-state index contributed by atoms with van der Waals surface area (Å²) in [5.41, 5.74) is 1.55. The first-order valence-electron chi connectivity index (χ1n) is 8.22. The second kappa shape index (κ2) is 8.22. The molecule has 24 heavy (non-hydrogen) atoms. The molecule has 1 aromatic heterocycles. The fraction of sp³-hybridized carbons (Fsp3) is 0.667. The average molecular weight is 334 g/mol. The van der Waals surface area contributed by atoms with E-state index in [-0.39, 0.29) is 10.8 Å². The molecular weight excluding hydrogens is 304 g/mol. The summed E-state index contributed by atoms with van der Waals surface area (Å²) in [5.74, 6) is 0. The summed E-state index contributed by atoms with van der Waals surface area (Å²) in [6, 6.07) is 3.73. The van der Waals surface area contributed by atoms with Gasteiger partial charge in [0.15, 0.2) is 0 Å². The average Bonchev–Trinajstić information content (AvgIpc) is 2.45. The second-order valence-electron chi connectivity index (χ2n) is 8.66. The van der Waals surface area contributed by atoms with Crippen LogP contribution in [0, 0.1) is 10.8 Å². The number of amides is 2. The van der Waals surface area contributed by atoms with Crippen molar-refractivity contribution in [1.82, 2.24) is 20.0 Å². The maximum atomic E-state index is 11.2. The minimum Gasteiger partial charge on any atom is -0.339 e. The molecule has 0 radical (unpaired) electrons. The molecule has 0 saturated heterocycles. The molecule has 6 nitrogen and oxygen atoms in total. The lowest BCUT2D eigenvalue weighted by atomic mass is 9.96. The number of rotatable bonds is 8. The van der Waals surface area contributed by atoms with Gasteiger partial charge in [0.25, 0.3) is 0 Å². The lowest BCUT2D eigenvalue weighted by Gasteiger charge is -2.27. The molecule has 0 bridgehead atoms. The Bertz CT molecular complexity index is 480. The van der Waals surface area contributed by atoms with Gasteiger partial charge in [-0.15, -0.1) is 0 Å². The first kappa shape index (κ1) is 20.1. The van der Waals surface area contributed by atoms with Gasteiger partial charge in [0, 0.05) is 13.1 Å². The zero-order valence-electron chi connectivity index (χ0n) is 15.7. The minimum absolute atomic E-state index is 0.0334. The Labute approximate surface area is 145 Å². The van der Waals surface area contributed by atoms with E-state index < -0.39 is 0 Å². The summed E-state index contributed by atoms with van der Waals surface area (Å²) in [7, 11) is 0. The molecule has 0 aromatic carbocycles. The first-order valence-corrected chi connectivity index (χ1v) is 8.22. The lowest BCUT2D eigenvalue weighted by Crippen LogP contribution is -2.32. The van der Waals surface area contributed by atoms with Crippen LogP contribution in [0.3, 0.4) is 0 Å². The largest absolute Gasteiger partial charge is 0.339 e. The Morgan fingerprint density at radius 1 is 0.792 bits per heavy atom. The Balaban J connectivity index is 2.68. The van der Waals surface area contributed by atoms with Crippen molar-refractivity contribution in [1.29, 1.82) is 0 Å². The van der Waals surface area contributed by atoms with Crippen LogP contribution in [0.4, 0.5) is 0 Å². The molecule has 0 aliphatic heterocycles. The molecule has 0 spiro atoms. The summed E-state index contributed by atoms with van der Waals surface area (Å²) in [6.45, 7) is 14.7. The second-order valence-corrected chi connectivity index (χ2v) is 8.66. The van der Waals surface area contributed by atoms with Gasteiger partial charge < -0.3 is 9.80 Å². The van der Waals surface area contributed by atoms with E-state index in [4.69, 9.17) is 0 Å². The van der Waals surface area contributed by atoms with E-state index in [2.05, 4.69) is 51.7 Å².